The zero-order valence-corrected chi connectivity index (χ0v) is 26.1. The van der Waals surface area contributed by atoms with Gasteiger partial charge in [0, 0.05) is 12.1 Å². The lowest BCUT2D eigenvalue weighted by atomic mass is 10.2. The number of sulfonamides is 2. The van der Waals surface area contributed by atoms with E-state index in [-0.39, 0.29) is 17.2 Å². The minimum Gasteiger partial charge on any atom is -0.284 e. The average Bonchev–Trinajstić information content (AvgIpc) is 2.77. The van der Waals surface area contributed by atoms with Crippen molar-refractivity contribution in [2.45, 2.75) is 14.5 Å². The van der Waals surface area contributed by atoms with Crippen LogP contribution in [0.3, 0.4) is 0 Å². The predicted octanol–water partition coefficient (Wildman–Crippen LogP) is 4.93. The van der Waals surface area contributed by atoms with Gasteiger partial charge in [0.25, 0.3) is 10.1 Å². The number of rotatable bonds is 7. The third kappa shape index (κ3) is 5.02. The maximum Gasteiger partial charge on any atom is 0.468 e. The number of alkyl halides is 2. The van der Waals surface area contributed by atoms with Crippen LogP contribution in [0, 0.1) is 0 Å². The zero-order chi connectivity index (χ0) is 30.0. The number of quaternary nitrogens is 1. The van der Waals surface area contributed by atoms with Crippen LogP contribution < -0.4 is 2.70 Å². The van der Waals surface area contributed by atoms with Crippen molar-refractivity contribution in [3.63, 3.8) is 0 Å². The van der Waals surface area contributed by atoms with Crippen LogP contribution >= 0.6 is 69.6 Å². The number of allylic oxidation sites excluding steroid dienone is 2. The predicted molar refractivity (Wildman–Crippen MR) is 149 cm³/mol. The molecule has 0 saturated heterocycles. The van der Waals surface area contributed by atoms with Crippen molar-refractivity contribution in [2.75, 3.05) is 0 Å². The van der Waals surface area contributed by atoms with Crippen LogP contribution in [0.25, 0.3) is 0 Å². The van der Waals surface area contributed by atoms with Crippen LogP contribution in [0.2, 0.25) is 15.1 Å². The summed E-state index contributed by atoms with van der Waals surface area (Å²) in [5.74, 6) is 0. The van der Waals surface area contributed by atoms with Crippen molar-refractivity contribution >= 4 is 116 Å². The summed E-state index contributed by atoms with van der Waals surface area (Å²) in [6.45, 7) is 0. The van der Waals surface area contributed by atoms with E-state index in [1.165, 1.54) is 6.07 Å². The molecular weight excluding hydrogens is 731 g/mol. The fourth-order valence-corrected chi connectivity index (χ4v) is 13.3. The normalized spacial score (nSPS) is 22.5. The van der Waals surface area contributed by atoms with E-state index in [1.54, 1.807) is 0 Å². The van der Waals surface area contributed by atoms with Gasteiger partial charge in [-0.3, -0.25) is 4.55 Å². The summed E-state index contributed by atoms with van der Waals surface area (Å²) in [4.78, 5) is -2.60. The van der Waals surface area contributed by atoms with Crippen molar-refractivity contribution in [1.29, 1.82) is 0 Å². The molecule has 0 spiro atoms. The lowest BCUT2D eigenvalue weighted by Crippen LogP contribution is -2.62. The Morgan fingerprint density at radius 2 is 1.28 bits per heavy atom. The number of benzene rings is 2. The van der Waals surface area contributed by atoms with E-state index in [2.05, 4.69) is 0 Å². The third-order valence-corrected chi connectivity index (χ3v) is 17.3. The second-order valence-corrected chi connectivity index (χ2v) is 18.1. The minimum atomic E-state index is -6.37. The number of halogens is 6. The number of hydrogen-bond donors (Lipinski definition) is 2. The zero-order valence-electron chi connectivity index (χ0n) is 18.3. The van der Waals surface area contributed by atoms with Gasteiger partial charge in [0.1, 0.15) is 9.80 Å². The Labute approximate surface area is 253 Å². The molecule has 11 nitrogen and oxygen atoms in total. The molecule has 214 valence electrons. The Hall–Kier alpha value is -0.660. The largest absolute Gasteiger partial charge is 0.468 e. The highest BCUT2D eigenvalue weighted by molar-refractivity contribution is 8.21. The molecule has 3 rings (SSSR count). The molecule has 0 bridgehead atoms. The highest BCUT2D eigenvalue weighted by atomic mass is 35.5. The van der Waals surface area contributed by atoms with E-state index in [9.17, 15) is 42.8 Å². The van der Waals surface area contributed by atoms with Crippen molar-refractivity contribution in [3.8, 4) is 0 Å². The fraction of sp³-hybridized carbons (Fsp3) is 0.111. The molecule has 0 amide bonds. The highest BCUT2D eigenvalue weighted by Crippen LogP contribution is 2.49. The molecule has 39 heavy (non-hydrogen) atoms. The maximum absolute atomic E-state index is 14.2. The summed E-state index contributed by atoms with van der Waals surface area (Å²) in [5.41, 5.74) is -1.09. The van der Waals surface area contributed by atoms with Crippen LogP contribution in [0.1, 0.15) is 0 Å². The molecule has 3 atom stereocenters. The van der Waals surface area contributed by atoms with Crippen LogP contribution in [-0.4, -0.2) is 52.4 Å². The van der Waals surface area contributed by atoms with Gasteiger partial charge in [0.15, 0.2) is 5.69 Å². The van der Waals surface area contributed by atoms with Gasteiger partial charge in [-0.15, -0.1) is 20.0 Å². The van der Waals surface area contributed by atoms with Crippen molar-refractivity contribution < 1.29 is 42.8 Å². The molecule has 1 aliphatic rings. The Balaban J connectivity index is 2.58. The van der Waals surface area contributed by atoms with E-state index >= 15 is 0 Å². The van der Waals surface area contributed by atoms with Gasteiger partial charge in [-0.1, -0.05) is 76.2 Å². The summed E-state index contributed by atoms with van der Waals surface area (Å²) in [6.07, 6.45) is 0.533. The van der Waals surface area contributed by atoms with Gasteiger partial charge in [-0.2, -0.15) is 25.3 Å². The molecule has 2 aromatic rings. The first kappa shape index (κ1) is 32.8. The summed E-state index contributed by atoms with van der Waals surface area (Å²) in [7, 11) is -23.7. The third-order valence-electron chi connectivity index (χ3n) is 5.17. The summed E-state index contributed by atoms with van der Waals surface area (Å²) >= 11 is 35.6. The van der Waals surface area contributed by atoms with E-state index in [4.69, 9.17) is 69.6 Å². The summed E-state index contributed by atoms with van der Waals surface area (Å²) in [6, 6.07) is 6.17. The molecule has 21 heteroatoms. The fourth-order valence-electron chi connectivity index (χ4n) is 3.44. The smallest absolute Gasteiger partial charge is 0.284 e. The topological polar surface area (TPSA) is 177 Å². The molecule has 0 fully saturated rings. The van der Waals surface area contributed by atoms with E-state index < -0.39 is 83.3 Å². The van der Waals surface area contributed by atoms with Gasteiger partial charge < -0.3 is 0 Å². The molecule has 0 aliphatic heterocycles. The van der Waals surface area contributed by atoms with Crippen molar-refractivity contribution in [3.05, 3.63) is 79.6 Å². The van der Waals surface area contributed by atoms with Gasteiger partial charge in [-0.05, 0) is 24.3 Å². The molecule has 2 N–H and O–H groups in total. The number of nitrogens with zero attached hydrogens (tertiary/aromatic N) is 1. The quantitative estimate of drug-likeness (QED) is 0.171. The lowest BCUT2D eigenvalue weighted by Gasteiger charge is -2.33. The second kappa shape index (κ2) is 10.6. The first-order valence-electron chi connectivity index (χ1n) is 9.55. The Morgan fingerprint density at radius 3 is 1.77 bits per heavy atom. The monoisotopic (exact) mass is 740 g/mol. The van der Waals surface area contributed by atoms with Crippen LogP contribution in [0.5, 0.6) is 0 Å². The van der Waals surface area contributed by atoms with Crippen LogP contribution in [0.15, 0.2) is 69.4 Å². The van der Waals surface area contributed by atoms with Crippen molar-refractivity contribution in [1.82, 2.24) is 2.70 Å². The molecule has 1 aliphatic carbocycles. The summed E-state index contributed by atoms with van der Waals surface area (Å²) in [5, 5.41) is -4.91. The lowest BCUT2D eigenvalue weighted by molar-refractivity contribution is 0.448. The van der Waals surface area contributed by atoms with Crippen molar-refractivity contribution in [2.24, 2.45) is 0 Å². The van der Waals surface area contributed by atoms with E-state index in [0.717, 1.165) is 30.3 Å². The first-order valence-corrected chi connectivity index (χ1v) is 17.6. The standard InChI is InChI=1S/C18H11Cl6NO10S4/c19-11-6-13(21)15(7-12(11)20)36(26,27)25(39(33,34)35,10-4-2-1-3-5-10)37(28,29)16-8-17(23)18(24,9-14(16)22)38(30,31)32/h1-9,17H,(H-,30,31,32,33,34,35)/p+1. The summed E-state index contributed by atoms with van der Waals surface area (Å²) < 4.78 is 120. The van der Waals surface area contributed by atoms with Crippen LogP contribution in [-0.2, 0) is 40.5 Å². The maximum atomic E-state index is 14.2. The van der Waals surface area contributed by atoms with E-state index in [1.807, 2.05) is 0 Å². The molecule has 0 heterocycles. The second-order valence-electron chi connectivity index (χ2n) is 7.53. The molecule has 3 unspecified atom stereocenters. The molecule has 0 radical (unpaired) electrons. The molecule has 2 aromatic carbocycles. The minimum absolute atomic E-state index is 0.248. The van der Waals surface area contributed by atoms with Gasteiger partial charge in [-0.25, -0.2) is 4.55 Å². The van der Waals surface area contributed by atoms with Gasteiger partial charge in [0.05, 0.1) is 28.2 Å². The average molecular weight is 743 g/mol. The SMILES string of the molecule is O=S(=O)(O)C1(Cl)C=C(Cl)C(S(=O)(=O)[N+](c2ccccc2)(S(=O)(=O)O)S(=O)(=O)c2cc(Cl)c(Cl)cc2Cl)=CC1Cl. The Bertz CT molecular complexity index is 1860. The highest BCUT2D eigenvalue weighted by Gasteiger charge is 2.69. The number of hydrogen-bond acceptors (Lipinski definition) is 8. The molecular formula is C18H12Cl6NO10S4+. The van der Waals surface area contributed by atoms with Gasteiger partial charge in [0.2, 0.25) is 4.21 Å². The first-order chi connectivity index (χ1) is 17.6. The molecule has 0 aromatic heterocycles. The van der Waals surface area contributed by atoms with Gasteiger partial charge >= 0.3 is 30.4 Å². The Morgan fingerprint density at radius 1 is 0.769 bits per heavy atom. The van der Waals surface area contributed by atoms with E-state index in [0.29, 0.717) is 6.07 Å². The molecule has 0 saturated carbocycles. The van der Waals surface area contributed by atoms with Crippen LogP contribution in [0.4, 0.5) is 5.69 Å². The Kier molecular flexibility index (Phi) is 8.89.